The van der Waals surface area contributed by atoms with E-state index in [1.165, 1.54) is 17.7 Å². The molecule has 176 valence electrons. The molecule has 1 aliphatic heterocycles. The molecule has 7 heteroatoms. The zero-order chi connectivity index (χ0) is 23.9. The molecule has 34 heavy (non-hydrogen) atoms. The van der Waals surface area contributed by atoms with Gasteiger partial charge in [-0.25, -0.2) is 9.07 Å². The van der Waals surface area contributed by atoms with E-state index in [4.69, 9.17) is 9.47 Å². The first kappa shape index (κ1) is 21.3. The molecular weight excluding hydrogens is 435 g/mol. The van der Waals surface area contributed by atoms with Crippen LogP contribution in [0.5, 0.6) is 0 Å². The number of fused-ring (bicyclic) bond motifs is 5. The Labute approximate surface area is 197 Å². The molecule has 0 bridgehead atoms. The smallest absolute Gasteiger partial charge is 0.327 e. The number of allylic oxidation sites excluding steroid dienone is 3. The minimum Gasteiger partial charge on any atom is -0.422 e. The highest BCUT2D eigenvalue weighted by molar-refractivity contribution is 6.03. The van der Waals surface area contributed by atoms with Gasteiger partial charge in [0, 0.05) is 25.2 Å². The molecule has 0 N–H and O–H groups in total. The van der Waals surface area contributed by atoms with Crippen LogP contribution < -0.4 is 0 Å². The summed E-state index contributed by atoms with van der Waals surface area (Å²) in [4.78, 5) is 26.6. The summed E-state index contributed by atoms with van der Waals surface area (Å²) >= 11 is 0. The molecule has 0 radical (unpaired) electrons. The van der Waals surface area contributed by atoms with Crippen molar-refractivity contribution in [2.75, 3.05) is 0 Å². The molecule has 1 spiro atoms. The van der Waals surface area contributed by atoms with Gasteiger partial charge in [0.2, 0.25) is 0 Å². The van der Waals surface area contributed by atoms with Crippen molar-refractivity contribution in [3.8, 4) is 5.69 Å². The SMILES string of the molecule is CC1(C)OC(=O)C2(CCC=C3C2CCC2=Cc4c(cnn4-c4ccc(F)cc4)CC23C)C(=O)O1. The van der Waals surface area contributed by atoms with Crippen molar-refractivity contribution < 1.29 is 23.5 Å². The van der Waals surface area contributed by atoms with Gasteiger partial charge in [-0.1, -0.05) is 24.1 Å². The van der Waals surface area contributed by atoms with Gasteiger partial charge >= 0.3 is 11.9 Å². The largest absolute Gasteiger partial charge is 0.422 e. The Bertz CT molecular complexity index is 1270. The molecule has 1 saturated carbocycles. The quantitative estimate of drug-likeness (QED) is 0.342. The lowest BCUT2D eigenvalue weighted by atomic mass is 9.51. The number of benzene rings is 1. The maximum absolute atomic E-state index is 13.4. The topological polar surface area (TPSA) is 70.4 Å². The molecule has 2 heterocycles. The third kappa shape index (κ3) is 2.82. The average molecular weight is 463 g/mol. The van der Waals surface area contributed by atoms with Crippen LogP contribution in [-0.2, 0) is 25.5 Å². The van der Waals surface area contributed by atoms with Crippen LogP contribution in [0.2, 0.25) is 0 Å². The lowest BCUT2D eigenvalue weighted by molar-refractivity contribution is -0.256. The van der Waals surface area contributed by atoms with Crippen molar-refractivity contribution >= 4 is 18.0 Å². The zero-order valence-electron chi connectivity index (χ0n) is 19.6. The van der Waals surface area contributed by atoms with Gasteiger partial charge in [0.1, 0.15) is 5.82 Å². The van der Waals surface area contributed by atoms with Crippen LogP contribution in [0, 0.1) is 22.6 Å². The van der Waals surface area contributed by atoms with Crippen LogP contribution in [0.1, 0.15) is 57.7 Å². The van der Waals surface area contributed by atoms with Crippen molar-refractivity contribution in [3.05, 3.63) is 64.8 Å². The molecule has 1 saturated heterocycles. The van der Waals surface area contributed by atoms with Gasteiger partial charge in [-0.05, 0) is 68.0 Å². The Kier molecular flexibility index (Phi) is 4.33. The first-order valence-corrected chi connectivity index (χ1v) is 11.9. The molecule has 4 aliphatic rings. The number of cyclic esters (lactones) is 2. The molecule has 2 fully saturated rings. The van der Waals surface area contributed by atoms with E-state index in [2.05, 4.69) is 24.2 Å². The van der Waals surface area contributed by atoms with E-state index in [0.717, 1.165) is 35.4 Å². The number of hydrogen-bond acceptors (Lipinski definition) is 5. The van der Waals surface area contributed by atoms with Gasteiger partial charge in [0.15, 0.2) is 5.41 Å². The van der Waals surface area contributed by atoms with E-state index in [-0.39, 0.29) is 17.2 Å². The second kappa shape index (κ2) is 6.90. The second-order valence-corrected chi connectivity index (χ2v) is 10.6. The van der Waals surface area contributed by atoms with Gasteiger partial charge < -0.3 is 9.47 Å². The number of rotatable bonds is 1. The number of halogens is 1. The van der Waals surface area contributed by atoms with Crippen LogP contribution in [0.25, 0.3) is 11.8 Å². The number of ether oxygens (including phenoxy) is 2. The normalized spacial score (nSPS) is 28.6. The van der Waals surface area contributed by atoms with Crippen LogP contribution in [-0.4, -0.2) is 27.5 Å². The van der Waals surface area contributed by atoms with E-state index in [1.807, 2.05) is 10.9 Å². The molecule has 6 nitrogen and oxygen atoms in total. The van der Waals surface area contributed by atoms with Gasteiger partial charge in [0.25, 0.3) is 5.79 Å². The molecule has 1 aromatic heterocycles. The highest BCUT2D eigenvalue weighted by Crippen LogP contribution is 2.61. The summed E-state index contributed by atoms with van der Waals surface area (Å²) in [7, 11) is 0. The number of carbonyl (C=O) groups is 2. The van der Waals surface area contributed by atoms with Crippen molar-refractivity contribution in [3.63, 3.8) is 0 Å². The fourth-order valence-corrected chi connectivity index (χ4v) is 6.49. The number of esters is 2. The molecule has 2 atom stereocenters. The molecule has 0 amide bonds. The number of hydrogen-bond donors (Lipinski definition) is 0. The van der Waals surface area contributed by atoms with Gasteiger partial charge in [-0.15, -0.1) is 0 Å². The fourth-order valence-electron chi connectivity index (χ4n) is 6.49. The summed E-state index contributed by atoms with van der Waals surface area (Å²) in [5.74, 6) is -2.68. The van der Waals surface area contributed by atoms with E-state index in [9.17, 15) is 14.0 Å². The van der Waals surface area contributed by atoms with Crippen molar-refractivity contribution in [2.24, 2.45) is 16.7 Å². The Morgan fingerprint density at radius 1 is 1.09 bits per heavy atom. The van der Waals surface area contributed by atoms with Crippen molar-refractivity contribution in [1.82, 2.24) is 9.78 Å². The molecule has 1 aromatic carbocycles. The Morgan fingerprint density at radius 3 is 2.50 bits per heavy atom. The predicted molar refractivity (Wildman–Crippen MR) is 122 cm³/mol. The van der Waals surface area contributed by atoms with Crippen molar-refractivity contribution in [1.29, 1.82) is 0 Å². The number of aromatic nitrogens is 2. The molecular formula is C27H27FN2O4. The molecule has 2 aromatic rings. The van der Waals surface area contributed by atoms with E-state index in [1.54, 1.807) is 26.0 Å². The third-order valence-corrected chi connectivity index (χ3v) is 8.14. The number of nitrogens with zero attached hydrogens (tertiary/aromatic N) is 2. The number of carbonyl (C=O) groups excluding carboxylic acids is 2. The minimum atomic E-state index is -1.27. The molecule has 6 rings (SSSR count). The average Bonchev–Trinajstić information content (AvgIpc) is 3.18. The summed E-state index contributed by atoms with van der Waals surface area (Å²) < 4.78 is 26.5. The minimum absolute atomic E-state index is 0.242. The first-order chi connectivity index (χ1) is 16.1. The highest BCUT2D eigenvalue weighted by Gasteiger charge is 2.64. The summed E-state index contributed by atoms with van der Waals surface area (Å²) in [6, 6.07) is 6.32. The Morgan fingerprint density at radius 2 is 1.79 bits per heavy atom. The second-order valence-electron chi connectivity index (χ2n) is 10.6. The maximum atomic E-state index is 13.4. The maximum Gasteiger partial charge on any atom is 0.327 e. The van der Waals surface area contributed by atoms with E-state index in [0.29, 0.717) is 19.3 Å². The first-order valence-electron chi connectivity index (χ1n) is 11.9. The van der Waals surface area contributed by atoms with Crippen LogP contribution in [0.15, 0.2) is 47.7 Å². The third-order valence-electron chi connectivity index (χ3n) is 8.14. The van der Waals surface area contributed by atoms with Crippen LogP contribution in [0.4, 0.5) is 4.39 Å². The lowest BCUT2D eigenvalue weighted by Gasteiger charge is -2.53. The monoisotopic (exact) mass is 462 g/mol. The predicted octanol–water partition coefficient (Wildman–Crippen LogP) is 4.91. The molecule has 2 unspecified atom stereocenters. The van der Waals surface area contributed by atoms with Crippen LogP contribution in [0.3, 0.4) is 0 Å². The summed E-state index contributed by atoms with van der Waals surface area (Å²) in [5.41, 5.74) is 3.71. The highest BCUT2D eigenvalue weighted by atomic mass is 19.1. The lowest BCUT2D eigenvalue weighted by Crippen LogP contribution is -2.60. The summed E-state index contributed by atoms with van der Waals surface area (Å²) in [6.45, 7) is 5.40. The summed E-state index contributed by atoms with van der Waals surface area (Å²) in [6.07, 6.45) is 9.48. The van der Waals surface area contributed by atoms with Crippen LogP contribution >= 0.6 is 0 Å². The van der Waals surface area contributed by atoms with E-state index < -0.39 is 23.1 Å². The summed E-state index contributed by atoms with van der Waals surface area (Å²) in [5, 5.41) is 4.60. The fraction of sp³-hybridized carbons (Fsp3) is 0.444. The van der Waals surface area contributed by atoms with Gasteiger partial charge in [-0.2, -0.15) is 5.10 Å². The van der Waals surface area contributed by atoms with Gasteiger partial charge in [0.05, 0.1) is 17.6 Å². The Balaban J connectivity index is 1.40. The van der Waals surface area contributed by atoms with Gasteiger partial charge in [-0.3, -0.25) is 9.59 Å². The molecule has 3 aliphatic carbocycles. The standard InChI is InChI=1S/C27H27FN2O4/c1-25(2)33-23(31)27(24(32)34-25)12-4-5-20-21(27)11-6-17-13-22-16(14-26(17,20)3)15-29-30(22)19-9-7-18(28)8-10-19/h5,7-10,13,15,21H,4,6,11-12,14H2,1-3H3. The van der Waals surface area contributed by atoms with Crippen molar-refractivity contribution in [2.45, 2.75) is 58.7 Å². The zero-order valence-corrected chi connectivity index (χ0v) is 19.6. The Hall–Kier alpha value is -3.22. The van der Waals surface area contributed by atoms with E-state index >= 15 is 0 Å².